The van der Waals surface area contributed by atoms with Crippen molar-refractivity contribution in [1.29, 1.82) is 0 Å². The van der Waals surface area contributed by atoms with Crippen molar-refractivity contribution in [2.75, 3.05) is 44.2 Å². The Bertz CT molecular complexity index is 939. The molecule has 1 amide bonds. The summed E-state index contributed by atoms with van der Waals surface area (Å²) in [5.41, 5.74) is 4.62. The van der Waals surface area contributed by atoms with Gasteiger partial charge in [0.2, 0.25) is 0 Å². The van der Waals surface area contributed by atoms with Crippen LogP contribution in [0.5, 0.6) is 0 Å². The van der Waals surface area contributed by atoms with E-state index in [9.17, 15) is 9.90 Å². The summed E-state index contributed by atoms with van der Waals surface area (Å²) in [7, 11) is 0. The summed E-state index contributed by atoms with van der Waals surface area (Å²) in [6, 6.07) is 17.3. The molecule has 3 aliphatic rings. The van der Waals surface area contributed by atoms with Crippen molar-refractivity contribution in [3.63, 3.8) is 0 Å². The molecule has 0 radical (unpaired) electrons. The van der Waals surface area contributed by atoms with Gasteiger partial charge < -0.3 is 10.0 Å². The SMILES string of the molecule is CCCN1CCN(c2ccc3c(c2)C2(Cc4ccccc4)CC3CCN2C(=O)O)CC1. The highest BCUT2D eigenvalue weighted by Crippen LogP contribution is 2.55. The van der Waals surface area contributed by atoms with Crippen molar-refractivity contribution in [3.05, 3.63) is 65.2 Å². The first-order chi connectivity index (χ1) is 15.1. The summed E-state index contributed by atoms with van der Waals surface area (Å²) in [5, 5.41) is 10.1. The first-order valence-electron chi connectivity index (χ1n) is 11.8. The van der Waals surface area contributed by atoms with Gasteiger partial charge in [-0.1, -0.05) is 43.3 Å². The summed E-state index contributed by atoms with van der Waals surface area (Å²) in [6.07, 6.45) is 2.98. The number of likely N-dealkylation sites (tertiary alicyclic amines) is 1. The number of carboxylic acid groups (broad SMARTS) is 1. The van der Waals surface area contributed by atoms with E-state index >= 15 is 0 Å². The van der Waals surface area contributed by atoms with Gasteiger partial charge in [-0.05, 0) is 60.5 Å². The van der Waals surface area contributed by atoms with Crippen molar-refractivity contribution >= 4 is 11.8 Å². The maximum Gasteiger partial charge on any atom is 0.408 e. The van der Waals surface area contributed by atoms with Crippen LogP contribution in [0, 0.1) is 0 Å². The van der Waals surface area contributed by atoms with Gasteiger partial charge in [-0.25, -0.2) is 4.79 Å². The summed E-state index contributed by atoms with van der Waals surface area (Å²) in [6.45, 7) is 8.31. The van der Waals surface area contributed by atoms with E-state index in [2.05, 4.69) is 59.2 Å². The van der Waals surface area contributed by atoms with Crippen LogP contribution < -0.4 is 4.90 Å². The van der Waals surface area contributed by atoms with E-state index in [0.29, 0.717) is 12.5 Å². The Morgan fingerprint density at radius 1 is 1.06 bits per heavy atom. The van der Waals surface area contributed by atoms with E-state index in [-0.39, 0.29) is 0 Å². The van der Waals surface area contributed by atoms with Crippen LogP contribution in [0.2, 0.25) is 0 Å². The van der Waals surface area contributed by atoms with E-state index in [1.54, 1.807) is 4.90 Å². The second kappa shape index (κ2) is 8.19. The Balaban J connectivity index is 1.50. The highest BCUT2D eigenvalue weighted by molar-refractivity contribution is 5.69. The average molecular weight is 420 g/mol. The van der Waals surface area contributed by atoms with Crippen molar-refractivity contribution in [3.8, 4) is 0 Å². The number of piperazine rings is 1. The van der Waals surface area contributed by atoms with Gasteiger partial charge in [0.1, 0.15) is 0 Å². The van der Waals surface area contributed by atoms with E-state index in [4.69, 9.17) is 0 Å². The van der Waals surface area contributed by atoms with E-state index < -0.39 is 11.6 Å². The fourth-order valence-corrected chi connectivity index (χ4v) is 6.16. The standard InChI is InChI=1S/C26H33N3O2/c1-2-11-27-13-15-28(16-14-27)22-8-9-23-21-10-12-29(25(30)31)26(19-21,24(23)17-22)18-20-6-4-3-5-7-20/h3-9,17,21H,2,10-16,18-19H2,1H3,(H,30,31). The van der Waals surface area contributed by atoms with Crippen LogP contribution >= 0.6 is 0 Å². The summed E-state index contributed by atoms with van der Waals surface area (Å²) < 4.78 is 0. The lowest BCUT2D eigenvalue weighted by Gasteiger charge is -2.44. The zero-order valence-electron chi connectivity index (χ0n) is 18.5. The molecule has 2 aliphatic heterocycles. The molecule has 164 valence electrons. The largest absolute Gasteiger partial charge is 0.465 e. The molecule has 5 nitrogen and oxygen atoms in total. The Hall–Kier alpha value is -2.53. The lowest BCUT2D eigenvalue weighted by molar-refractivity contribution is 0.0493. The number of hydrogen-bond donors (Lipinski definition) is 1. The van der Waals surface area contributed by atoms with Crippen LogP contribution in [0.25, 0.3) is 0 Å². The molecule has 1 aliphatic carbocycles. The third-order valence-corrected chi connectivity index (χ3v) is 7.63. The number of fused-ring (bicyclic) bond motifs is 5. The number of nitrogens with zero attached hydrogens (tertiary/aromatic N) is 3. The molecule has 2 aromatic rings. The second-order valence-electron chi connectivity index (χ2n) is 9.42. The summed E-state index contributed by atoms with van der Waals surface area (Å²) in [4.78, 5) is 19.1. The molecular formula is C26H33N3O2. The molecule has 0 aromatic heterocycles. The Kier molecular flexibility index (Phi) is 5.39. The smallest absolute Gasteiger partial charge is 0.408 e. The van der Waals surface area contributed by atoms with E-state index in [1.165, 1.54) is 35.3 Å². The number of amides is 1. The van der Waals surface area contributed by atoms with Gasteiger partial charge in [-0.2, -0.15) is 0 Å². The maximum absolute atomic E-state index is 12.3. The van der Waals surface area contributed by atoms with Gasteiger partial charge in [0.05, 0.1) is 5.54 Å². The Morgan fingerprint density at radius 3 is 2.55 bits per heavy atom. The fraction of sp³-hybridized carbons (Fsp3) is 0.500. The molecule has 2 saturated heterocycles. The zero-order chi connectivity index (χ0) is 21.4. The van der Waals surface area contributed by atoms with Crippen molar-refractivity contribution in [2.24, 2.45) is 0 Å². The quantitative estimate of drug-likeness (QED) is 0.774. The molecule has 0 saturated carbocycles. The van der Waals surface area contributed by atoms with Crippen LogP contribution in [0.1, 0.15) is 48.8 Å². The first kappa shape index (κ1) is 20.4. The molecule has 31 heavy (non-hydrogen) atoms. The topological polar surface area (TPSA) is 47.0 Å². The highest BCUT2D eigenvalue weighted by atomic mass is 16.4. The Morgan fingerprint density at radius 2 is 1.84 bits per heavy atom. The van der Waals surface area contributed by atoms with Crippen LogP contribution in [0.3, 0.4) is 0 Å². The first-order valence-corrected chi connectivity index (χ1v) is 11.8. The van der Waals surface area contributed by atoms with Crippen LogP contribution in [-0.2, 0) is 12.0 Å². The molecule has 2 aromatic carbocycles. The van der Waals surface area contributed by atoms with Crippen LogP contribution in [0.15, 0.2) is 48.5 Å². The van der Waals surface area contributed by atoms with Crippen LogP contribution in [-0.4, -0.2) is 60.3 Å². The minimum absolute atomic E-state index is 0.453. The third-order valence-electron chi connectivity index (χ3n) is 7.63. The number of hydrogen-bond acceptors (Lipinski definition) is 3. The zero-order valence-corrected chi connectivity index (χ0v) is 18.5. The predicted octanol–water partition coefficient (Wildman–Crippen LogP) is 4.53. The van der Waals surface area contributed by atoms with E-state index in [1.807, 2.05) is 6.07 Å². The molecule has 2 heterocycles. The van der Waals surface area contributed by atoms with Gasteiger partial charge in [0.25, 0.3) is 0 Å². The fourth-order valence-electron chi connectivity index (χ4n) is 6.16. The normalized spacial score (nSPS) is 25.5. The molecule has 1 N–H and O–H groups in total. The Labute approximate surface area is 185 Å². The lowest BCUT2D eigenvalue weighted by Crippen LogP contribution is -2.52. The monoisotopic (exact) mass is 419 g/mol. The summed E-state index contributed by atoms with van der Waals surface area (Å²) in [5.74, 6) is 0.463. The number of benzene rings is 2. The molecule has 5 heteroatoms. The molecule has 2 fully saturated rings. The number of rotatable bonds is 5. The van der Waals surface area contributed by atoms with E-state index in [0.717, 1.165) is 45.4 Å². The number of anilines is 1. The molecular weight excluding hydrogens is 386 g/mol. The summed E-state index contributed by atoms with van der Waals surface area (Å²) >= 11 is 0. The lowest BCUT2D eigenvalue weighted by atomic mass is 9.80. The maximum atomic E-state index is 12.3. The number of carbonyl (C=O) groups is 1. The van der Waals surface area contributed by atoms with Gasteiger partial charge in [0.15, 0.2) is 0 Å². The van der Waals surface area contributed by atoms with Gasteiger partial charge in [-0.3, -0.25) is 9.80 Å². The number of piperidine rings is 1. The molecule has 5 rings (SSSR count). The van der Waals surface area contributed by atoms with Gasteiger partial charge in [0, 0.05) is 44.8 Å². The highest BCUT2D eigenvalue weighted by Gasteiger charge is 2.52. The van der Waals surface area contributed by atoms with Gasteiger partial charge in [-0.15, -0.1) is 0 Å². The van der Waals surface area contributed by atoms with Gasteiger partial charge >= 0.3 is 6.09 Å². The van der Waals surface area contributed by atoms with Crippen molar-refractivity contribution in [1.82, 2.24) is 9.80 Å². The average Bonchev–Trinajstić information content (AvgIpc) is 3.02. The third kappa shape index (κ3) is 3.59. The van der Waals surface area contributed by atoms with Crippen molar-refractivity contribution < 1.29 is 9.90 Å². The minimum Gasteiger partial charge on any atom is -0.465 e. The second-order valence-corrected chi connectivity index (χ2v) is 9.42. The van der Waals surface area contributed by atoms with Crippen molar-refractivity contribution in [2.45, 2.75) is 44.1 Å². The minimum atomic E-state index is -0.791. The predicted molar refractivity (Wildman–Crippen MR) is 124 cm³/mol. The van der Waals surface area contributed by atoms with Crippen LogP contribution in [0.4, 0.5) is 10.5 Å². The molecule has 2 bridgehead atoms. The molecule has 2 unspecified atom stereocenters. The molecule has 0 spiro atoms. The molecule has 2 atom stereocenters.